The molecule has 4 nitrogen and oxygen atoms in total. The summed E-state index contributed by atoms with van der Waals surface area (Å²) in [4.78, 5) is 29.2. The van der Waals surface area contributed by atoms with E-state index in [0.717, 1.165) is 16.9 Å². The molecule has 4 rings (SSSR count). The molecule has 4 heteroatoms. The Balaban J connectivity index is 1.92. The third kappa shape index (κ3) is 6.34. The van der Waals surface area contributed by atoms with Gasteiger partial charge in [-0.25, -0.2) is 0 Å². The van der Waals surface area contributed by atoms with Gasteiger partial charge in [-0.3, -0.25) is 9.59 Å². The Morgan fingerprint density at radius 3 is 1.54 bits per heavy atom. The second kappa shape index (κ2) is 12.7. The van der Waals surface area contributed by atoms with Gasteiger partial charge in [0.25, 0.3) is 0 Å². The number of benzene rings is 4. The van der Waals surface area contributed by atoms with E-state index in [0.29, 0.717) is 17.5 Å². The van der Waals surface area contributed by atoms with Crippen LogP contribution in [0.3, 0.4) is 0 Å². The molecule has 0 bridgehead atoms. The molecular formula is C37H40O4. The zero-order valence-electron chi connectivity index (χ0n) is 24.9. The Labute approximate surface area is 244 Å². The van der Waals surface area contributed by atoms with Crippen LogP contribution >= 0.6 is 0 Å². The van der Waals surface area contributed by atoms with Crippen LogP contribution in [0.15, 0.2) is 109 Å². The van der Waals surface area contributed by atoms with Crippen molar-refractivity contribution in [2.45, 2.75) is 57.0 Å². The molecule has 2 atom stereocenters. The van der Waals surface area contributed by atoms with Gasteiger partial charge < -0.3 is 9.47 Å². The minimum absolute atomic E-state index is 0.00914. The zero-order valence-corrected chi connectivity index (χ0v) is 24.9. The lowest BCUT2D eigenvalue weighted by atomic mass is 9.68. The molecule has 4 aromatic carbocycles. The molecule has 0 radical (unpaired) electrons. The van der Waals surface area contributed by atoms with Crippen LogP contribution in [0.4, 0.5) is 0 Å². The molecule has 212 valence electrons. The number of carbonyl (C=O) groups excluding carboxylic acids is 2. The van der Waals surface area contributed by atoms with Crippen molar-refractivity contribution in [3.05, 3.63) is 137 Å². The monoisotopic (exact) mass is 548 g/mol. The highest BCUT2D eigenvalue weighted by molar-refractivity contribution is 6.23. The van der Waals surface area contributed by atoms with Crippen molar-refractivity contribution in [2.75, 3.05) is 14.2 Å². The van der Waals surface area contributed by atoms with Crippen LogP contribution in [0.1, 0.15) is 83.4 Å². The second-order valence-electron chi connectivity index (χ2n) is 11.7. The highest BCUT2D eigenvalue weighted by Crippen LogP contribution is 2.44. The Kier molecular flexibility index (Phi) is 9.25. The summed E-state index contributed by atoms with van der Waals surface area (Å²) < 4.78 is 11.6. The van der Waals surface area contributed by atoms with E-state index in [1.807, 2.05) is 60.7 Å². The number of ketones is 2. The van der Waals surface area contributed by atoms with E-state index in [1.54, 1.807) is 31.4 Å². The summed E-state index contributed by atoms with van der Waals surface area (Å²) in [6.07, 6.45) is 0.506. The number of hydrogen-bond acceptors (Lipinski definition) is 4. The Morgan fingerprint density at radius 2 is 1.12 bits per heavy atom. The van der Waals surface area contributed by atoms with Crippen molar-refractivity contribution in [1.29, 1.82) is 0 Å². The molecule has 2 unspecified atom stereocenters. The standard InChI is InChI=1S/C37H40O4/c1-26(27-19-23-32(40-5)24-20-27)25-33(28-17-21-31(22-18-28)36(2,3)4)37(41-6,34(38)29-13-9-7-10-14-29)35(39)30-15-11-8-12-16-30/h7-24,26,33H,25H2,1-6H3. The van der Waals surface area contributed by atoms with E-state index in [1.165, 1.54) is 12.7 Å². The van der Waals surface area contributed by atoms with Gasteiger partial charge in [0.05, 0.1) is 7.11 Å². The Hall–Kier alpha value is -4.02. The predicted molar refractivity (Wildman–Crippen MR) is 165 cm³/mol. The molecule has 0 aliphatic rings. The first kappa shape index (κ1) is 30.0. The normalized spacial score (nSPS) is 13.3. The summed E-state index contributed by atoms with van der Waals surface area (Å²) in [5, 5.41) is 0. The topological polar surface area (TPSA) is 52.6 Å². The number of Topliss-reactive ketones (excluding diaryl/α,β-unsaturated/α-hetero) is 2. The van der Waals surface area contributed by atoms with E-state index < -0.39 is 11.5 Å². The van der Waals surface area contributed by atoms with Crippen LogP contribution in [-0.4, -0.2) is 31.4 Å². The molecule has 0 fully saturated rings. The third-order valence-corrected chi connectivity index (χ3v) is 8.01. The first-order chi connectivity index (χ1) is 19.6. The molecule has 0 saturated heterocycles. The van der Waals surface area contributed by atoms with Crippen LogP contribution in [-0.2, 0) is 10.2 Å². The molecule has 0 spiro atoms. The number of hydrogen-bond donors (Lipinski definition) is 0. The van der Waals surface area contributed by atoms with Crippen LogP contribution in [0.2, 0.25) is 0 Å². The fraction of sp³-hybridized carbons (Fsp3) is 0.297. The Morgan fingerprint density at radius 1 is 0.659 bits per heavy atom. The number of methoxy groups -OCH3 is 2. The first-order valence-corrected chi connectivity index (χ1v) is 14.1. The van der Waals surface area contributed by atoms with Crippen molar-refractivity contribution in [3.63, 3.8) is 0 Å². The molecule has 0 aromatic heterocycles. The first-order valence-electron chi connectivity index (χ1n) is 14.1. The minimum atomic E-state index is -1.79. The summed E-state index contributed by atoms with van der Waals surface area (Å²) in [6, 6.07) is 34.2. The van der Waals surface area contributed by atoms with Crippen LogP contribution in [0.5, 0.6) is 5.75 Å². The third-order valence-electron chi connectivity index (χ3n) is 8.01. The highest BCUT2D eigenvalue weighted by atomic mass is 16.5. The molecular weight excluding hydrogens is 508 g/mol. The predicted octanol–water partition coefficient (Wildman–Crippen LogP) is 8.42. The summed E-state index contributed by atoms with van der Waals surface area (Å²) in [6.45, 7) is 8.63. The van der Waals surface area contributed by atoms with Gasteiger partial charge in [0.15, 0.2) is 5.60 Å². The van der Waals surface area contributed by atoms with Crippen molar-refractivity contribution in [1.82, 2.24) is 0 Å². The average molecular weight is 549 g/mol. The largest absolute Gasteiger partial charge is 0.497 e. The minimum Gasteiger partial charge on any atom is -0.497 e. The van der Waals surface area contributed by atoms with Gasteiger partial charge >= 0.3 is 0 Å². The van der Waals surface area contributed by atoms with Gasteiger partial charge in [-0.05, 0) is 46.6 Å². The fourth-order valence-electron chi connectivity index (χ4n) is 5.53. The number of rotatable bonds is 11. The smallest absolute Gasteiger partial charge is 0.203 e. The molecule has 0 aliphatic carbocycles. The zero-order chi connectivity index (χ0) is 29.6. The summed E-state index contributed by atoms with van der Waals surface area (Å²) >= 11 is 0. The van der Waals surface area contributed by atoms with E-state index >= 15 is 0 Å². The van der Waals surface area contributed by atoms with E-state index in [9.17, 15) is 9.59 Å². The molecule has 0 saturated carbocycles. The van der Waals surface area contributed by atoms with E-state index in [2.05, 4.69) is 52.0 Å². The SMILES string of the molecule is COc1ccc(C(C)CC(c2ccc(C(C)(C)C)cc2)C(OC)(C(=O)c2ccccc2)C(=O)c2ccccc2)cc1. The van der Waals surface area contributed by atoms with Crippen LogP contribution in [0.25, 0.3) is 0 Å². The molecule has 0 heterocycles. The van der Waals surface area contributed by atoms with Gasteiger partial charge in [0, 0.05) is 24.2 Å². The van der Waals surface area contributed by atoms with Gasteiger partial charge in [-0.15, -0.1) is 0 Å². The van der Waals surface area contributed by atoms with Gasteiger partial charge in [-0.1, -0.05) is 125 Å². The number of carbonyl (C=O) groups is 2. The van der Waals surface area contributed by atoms with E-state index in [4.69, 9.17) is 9.47 Å². The molecule has 0 aliphatic heterocycles. The second-order valence-corrected chi connectivity index (χ2v) is 11.7. The lowest BCUT2D eigenvalue weighted by Gasteiger charge is -2.39. The fourth-order valence-corrected chi connectivity index (χ4v) is 5.53. The van der Waals surface area contributed by atoms with Gasteiger partial charge in [-0.2, -0.15) is 0 Å². The molecule has 0 amide bonds. The van der Waals surface area contributed by atoms with Crippen molar-refractivity contribution in [2.24, 2.45) is 0 Å². The van der Waals surface area contributed by atoms with Crippen LogP contribution in [0, 0.1) is 0 Å². The van der Waals surface area contributed by atoms with Gasteiger partial charge in [0.1, 0.15) is 5.75 Å². The molecule has 0 N–H and O–H groups in total. The average Bonchev–Trinajstić information content (AvgIpc) is 3.01. The van der Waals surface area contributed by atoms with Crippen molar-refractivity contribution >= 4 is 11.6 Å². The highest BCUT2D eigenvalue weighted by Gasteiger charge is 2.53. The quantitative estimate of drug-likeness (QED) is 0.139. The molecule has 4 aromatic rings. The van der Waals surface area contributed by atoms with E-state index in [-0.39, 0.29) is 22.9 Å². The number of ether oxygens (including phenoxy) is 2. The lowest BCUT2D eigenvalue weighted by Crippen LogP contribution is -2.53. The van der Waals surface area contributed by atoms with Gasteiger partial charge in [0.2, 0.25) is 11.6 Å². The summed E-state index contributed by atoms with van der Waals surface area (Å²) in [7, 11) is 3.13. The summed E-state index contributed by atoms with van der Waals surface area (Å²) in [5.74, 6) is -0.475. The lowest BCUT2D eigenvalue weighted by molar-refractivity contribution is -0.00624. The molecule has 41 heavy (non-hydrogen) atoms. The van der Waals surface area contributed by atoms with Crippen molar-refractivity contribution in [3.8, 4) is 5.75 Å². The summed E-state index contributed by atoms with van der Waals surface area (Å²) in [5.41, 5.74) is 2.20. The Bertz CT molecular complexity index is 1380. The maximum Gasteiger partial charge on any atom is 0.203 e. The maximum absolute atomic E-state index is 14.6. The van der Waals surface area contributed by atoms with Crippen LogP contribution < -0.4 is 4.74 Å². The van der Waals surface area contributed by atoms with Crippen molar-refractivity contribution < 1.29 is 19.1 Å². The maximum atomic E-state index is 14.6.